The Bertz CT molecular complexity index is 201. The second kappa shape index (κ2) is 7.63. The molecule has 2 atom stereocenters. The quantitative estimate of drug-likeness (QED) is 0.342. The van der Waals surface area contributed by atoms with Crippen LogP contribution in [0, 0.1) is 12.8 Å². The van der Waals surface area contributed by atoms with E-state index in [-0.39, 0.29) is 11.9 Å². The highest BCUT2D eigenvalue weighted by Gasteiger charge is 2.22. The monoisotopic (exact) mass is 229 g/mol. The van der Waals surface area contributed by atoms with Gasteiger partial charge in [-0.25, -0.2) is 0 Å². The van der Waals surface area contributed by atoms with Gasteiger partial charge in [-0.15, -0.1) is 0 Å². The summed E-state index contributed by atoms with van der Waals surface area (Å²) in [5.74, 6) is -0.219. The van der Waals surface area contributed by atoms with Crippen molar-refractivity contribution in [1.29, 1.82) is 0 Å². The highest BCUT2D eigenvalue weighted by Crippen LogP contribution is 2.14. The van der Waals surface area contributed by atoms with E-state index in [0.717, 1.165) is 19.4 Å². The average Bonchev–Trinajstić information content (AvgIpc) is 3.07. The third-order valence-corrected chi connectivity index (χ3v) is 2.52. The Morgan fingerprint density at radius 3 is 2.94 bits per heavy atom. The van der Waals surface area contributed by atoms with Gasteiger partial charge in [-0.2, -0.15) is 0 Å². The minimum atomic E-state index is -0.136. The van der Waals surface area contributed by atoms with E-state index in [9.17, 15) is 4.79 Å². The van der Waals surface area contributed by atoms with Gasteiger partial charge >= 0.3 is 5.97 Å². The second-order valence-electron chi connectivity index (χ2n) is 3.91. The van der Waals surface area contributed by atoms with Crippen molar-refractivity contribution >= 4 is 5.97 Å². The first kappa shape index (κ1) is 13.5. The summed E-state index contributed by atoms with van der Waals surface area (Å²) in [7, 11) is 0. The Morgan fingerprint density at radius 2 is 2.38 bits per heavy atom. The molecule has 0 aliphatic carbocycles. The van der Waals surface area contributed by atoms with Crippen molar-refractivity contribution < 1.29 is 19.0 Å². The van der Waals surface area contributed by atoms with E-state index in [0.29, 0.717) is 32.3 Å². The summed E-state index contributed by atoms with van der Waals surface area (Å²) in [5.41, 5.74) is 0. The largest absolute Gasteiger partial charge is 0.466 e. The standard InChI is InChI=1S/C12H21O4/c1-3-10(12(13)15-4-2)6-5-7-14-8-11-9-16-11/h10-11H,1,3-9H2,2H3. The molecule has 93 valence electrons. The van der Waals surface area contributed by atoms with Gasteiger partial charge in [-0.3, -0.25) is 4.79 Å². The van der Waals surface area contributed by atoms with Crippen LogP contribution >= 0.6 is 0 Å². The van der Waals surface area contributed by atoms with Gasteiger partial charge < -0.3 is 14.2 Å². The number of rotatable bonds is 9. The maximum Gasteiger partial charge on any atom is 0.308 e. The summed E-state index contributed by atoms with van der Waals surface area (Å²) >= 11 is 0. The van der Waals surface area contributed by atoms with Crippen molar-refractivity contribution in [3.05, 3.63) is 6.92 Å². The molecule has 1 rings (SSSR count). The first-order chi connectivity index (χ1) is 7.77. The first-order valence-electron chi connectivity index (χ1n) is 5.93. The van der Waals surface area contributed by atoms with Crippen LogP contribution in [0.5, 0.6) is 0 Å². The Hall–Kier alpha value is -0.610. The summed E-state index contributed by atoms with van der Waals surface area (Å²) in [6.45, 7) is 8.19. The minimum Gasteiger partial charge on any atom is -0.466 e. The molecule has 0 aromatic carbocycles. The zero-order chi connectivity index (χ0) is 11.8. The van der Waals surface area contributed by atoms with E-state index < -0.39 is 0 Å². The number of hydrogen-bond acceptors (Lipinski definition) is 4. The lowest BCUT2D eigenvalue weighted by Crippen LogP contribution is -2.18. The van der Waals surface area contributed by atoms with Crippen molar-refractivity contribution in [3.8, 4) is 0 Å². The lowest BCUT2D eigenvalue weighted by molar-refractivity contribution is -0.148. The lowest BCUT2D eigenvalue weighted by atomic mass is 10.0. The molecule has 2 unspecified atom stereocenters. The van der Waals surface area contributed by atoms with Crippen LogP contribution in [-0.4, -0.2) is 38.5 Å². The van der Waals surface area contributed by atoms with Gasteiger partial charge in [0.25, 0.3) is 0 Å². The highest BCUT2D eigenvalue weighted by atomic mass is 16.6. The molecule has 1 radical (unpaired) electrons. The smallest absolute Gasteiger partial charge is 0.308 e. The van der Waals surface area contributed by atoms with Gasteiger partial charge in [0.05, 0.1) is 25.7 Å². The number of carbonyl (C=O) groups is 1. The van der Waals surface area contributed by atoms with E-state index in [1.54, 1.807) is 0 Å². The van der Waals surface area contributed by atoms with Crippen LogP contribution in [0.1, 0.15) is 26.2 Å². The molecule has 1 aliphatic heterocycles. The first-order valence-corrected chi connectivity index (χ1v) is 5.93. The van der Waals surface area contributed by atoms with Crippen molar-refractivity contribution in [2.45, 2.75) is 32.3 Å². The van der Waals surface area contributed by atoms with E-state index in [2.05, 4.69) is 6.92 Å². The fourth-order valence-corrected chi connectivity index (χ4v) is 1.45. The van der Waals surface area contributed by atoms with Crippen LogP contribution in [0.25, 0.3) is 0 Å². The molecule has 1 fully saturated rings. The number of ether oxygens (including phenoxy) is 3. The summed E-state index contributed by atoms with van der Waals surface area (Å²) in [6, 6.07) is 0. The van der Waals surface area contributed by atoms with E-state index >= 15 is 0 Å². The molecule has 16 heavy (non-hydrogen) atoms. The van der Waals surface area contributed by atoms with Crippen molar-refractivity contribution in [2.75, 3.05) is 26.4 Å². The van der Waals surface area contributed by atoms with Gasteiger partial charge in [0, 0.05) is 6.61 Å². The van der Waals surface area contributed by atoms with Crippen LogP contribution in [0.15, 0.2) is 0 Å². The fraction of sp³-hybridized carbons (Fsp3) is 0.833. The van der Waals surface area contributed by atoms with Crippen LogP contribution in [0.3, 0.4) is 0 Å². The molecule has 0 bridgehead atoms. The number of epoxide rings is 1. The van der Waals surface area contributed by atoms with Crippen molar-refractivity contribution in [2.24, 2.45) is 5.92 Å². The SMILES string of the molecule is [CH2]CC(CCCOCC1CO1)C(=O)OCC. The molecule has 0 aromatic heterocycles. The molecule has 1 saturated heterocycles. The maximum atomic E-state index is 11.4. The Labute approximate surface area is 97.2 Å². The number of carbonyl (C=O) groups excluding carboxylic acids is 1. The minimum absolute atomic E-state index is 0.0827. The summed E-state index contributed by atoms with van der Waals surface area (Å²) in [5, 5.41) is 0. The number of hydrogen-bond donors (Lipinski definition) is 0. The third kappa shape index (κ3) is 5.47. The zero-order valence-corrected chi connectivity index (χ0v) is 9.94. The normalized spacial score (nSPS) is 20.5. The lowest BCUT2D eigenvalue weighted by Gasteiger charge is -2.12. The van der Waals surface area contributed by atoms with Crippen molar-refractivity contribution in [3.63, 3.8) is 0 Å². The Balaban J connectivity index is 2.00. The van der Waals surface area contributed by atoms with Crippen molar-refractivity contribution in [1.82, 2.24) is 0 Å². The molecule has 0 aromatic rings. The van der Waals surface area contributed by atoms with Gasteiger partial charge in [0.15, 0.2) is 0 Å². The second-order valence-corrected chi connectivity index (χ2v) is 3.91. The van der Waals surface area contributed by atoms with E-state index in [1.807, 2.05) is 6.92 Å². The predicted molar refractivity (Wildman–Crippen MR) is 59.9 cm³/mol. The molecule has 4 nitrogen and oxygen atoms in total. The maximum absolute atomic E-state index is 11.4. The fourth-order valence-electron chi connectivity index (χ4n) is 1.45. The molecule has 0 N–H and O–H groups in total. The molecular formula is C12H21O4. The average molecular weight is 229 g/mol. The third-order valence-electron chi connectivity index (χ3n) is 2.52. The molecule has 4 heteroatoms. The topological polar surface area (TPSA) is 48.1 Å². The predicted octanol–water partition coefficient (Wildman–Crippen LogP) is 1.59. The molecule has 0 saturated carbocycles. The van der Waals surface area contributed by atoms with E-state index in [4.69, 9.17) is 14.2 Å². The molecule has 1 heterocycles. The number of esters is 1. The van der Waals surface area contributed by atoms with Crippen LogP contribution in [0.2, 0.25) is 0 Å². The highest BCUT2D eigenvalue weighted by molar-refractivity contribution is 5.72. The Morgan fingerprint density at radius 1 is 1.62 bits per heavy atom. The zero-order valence-electron chi connectivity index (χ0n) is 9.94. The van der Waals surface area contributed by atoms with Crippen LogP contribution in [-0.2, 0) is 19.0 Å². The molecule has 1 aliphatic rings. The summed E-state index contributed by atoms with van der Waals surface area (Å²) in [6.07, 6.45) is 2.55. The summed E-state index contributed by atoms with van der Waals surface area (Å²) in [4.78, 5) is 11.4. The van der Waals surface area contributed by atoms with Gasteiger partial charge in [0.1, 0.15) is 6.10 Å². The molecular weight excluding hydrogens is 208 g/mol. The molecule has 0 amide bonds. The molecule has 0 spiro atoms. The van der Waals surface area contributed by atoms with Gasteiger partial charge in [-0.1, -0.05) is 6.92 Å². The van der Waals surface area contributed by atoms with E-state index in [1.165, 1.54) is 0 Å². The van der Waals surface area contributed by atoms with Crippen LogP contribution < -0.4 is 0 Å². The van der Waals surface area contributed by atoms with Gasteiger partial charge in [0.2, 0.25) is 0 Å². The van der Waals surface area contributed by atoms with Gasteiger partial charge in [-0.05, 0) is 26.2 Å². The summed E-state index contributed by atoms with van der Waals surface area (Å²) < 4.78 is 15.4. The Kier molecular flexibility index (Phi) is 6.42. The van der Waals surface area contributed by atoms with Crippen LogP contribution in [0.4, 0.5) is 0 Å².